The van der Waals surface area contributed by atoms with Gasteiger partial charge in [0, 0.05) is 24.0 Å². The second-order valence-corrected chi connectivity index (χ2v) is 7.42. The quantitative estimate of drug-likeness (QED) is 0.821. The molecule has 4 nitrogen and oxygen atoms in total. The Morgan fingerprint density at radius 3 is 2.28 bits per heavy atom. The van der Waals surface area contributed by atoms with Crippen LogP contribution in [0, 0.1) is 0 Å². The molecule has 0 bridgehead atoms. The lowest BCUT2D eigenvalue weighted by Gasteiger charge is -2.20. The van der Waals surface area contributed by atoms with E-state index in [4.69, 9.17) is 0 Å². The van der Waals surface area contributed by atoms with Crippen LogP contribution in [0.2, 0.25) is 0 Å². The summed E-state index contributed by atoms with van der Waals surface area (Å²) in [6, 6.07) is 16.7. The standard InChI is InChI=1S/C21H23N2O2/c24-18-11-14-5-1-3-7-16(14)20(18)22-9-10-23(13-22)21-17-8-4-2-6-15(17)12-19(21)25/h1-8,13,18-21,24-25H,9-12H2/q+1/t18-,19-,20+,21+/m1/s1. The minimum Gasteiger partial charge on any atom is -0.388 e. The van der Waals surface area contributed by atoms with Gasteiger partial charge in [0.2, 0.25) is 6.34 Å². The molecule has 0 fully saturated rings. The molecule has 2 aliphatic carbocycles. The van der Waals surface area contributed by atoms with Crippen molar-refractivity contribution in [3.63, 3.8) is 0 Å². The molecule has 5 rings (SSSR count). The summed E-state index contributed by atoms with van der Waals surface area (Å²) in [5.74, 6) is 0. The van der Waals surface area contributed by atoms with Crippen LogP contribution < -0.4 is 0 Å². The predicted octanol–water partition coefficient (Wildman–Crippen LogP) is 1.66. The summed E-state index contributed by atoms with van der Waals surface area (Å²) in [6.07, 6.45) is 2.84. The van der Waals surface area contributed by atoms with E-state index in [1.54, 1.807) is 0 Å². The number of rotatable bonds is 2. The van der Waals surface area contributed by atoms with E-state index in [0.29, 0.717) is 0 Å². The van der Waals surface area contributed by atoms with Crippen molar-refractivity contribution in [2.75, 3.05) is 13.1 Å². The van der Waals surface area contributed by atoms with Gasteiger partial charge in [-0.1, -0.05) is 48.5 Å². The van der Waals surface area contributed by atoms with Gasteiger partial charge in [0.1, 0.15) is 37.4 Å². The Hall–Kier alpha value is -2.17. The van der Waals surface area contributed by atoms with E-state index in [2.05, 4.69) is 52.2 Å². The van der Waals surface area contributed by atoms with Gasteiger partial charge in [-0.25, -0.2) is 0 Å². The van der Waals surface area contributed by atoms with Gasteiger partial charge in [-0.2, -0.15) is 0 Å². The number of fused-ring (bicyclic) bond motifs is 2. The molecule has 3 aliphatic rings. The van der Waals surface area contributed by atoms with E-state index in [9.17, 15) is 10.2 Å². The second-order valence-electron chi connectivity index (χ2n) is 7.42. The number of aliphatic hydroxyl groups excluding tert-OH is 2. The molecule has 2 aromatic rings. The first-order valence-electron chi connectivity index (χ1n) is 9.10. The second kappa shape index (κ2) is 5.68. The number of hydrogen-bond acceptors (Lipinski definition) is 3. The molecule has 0 radical (unpaired) electrons. The highest BCUT2D eigenvalue weighted by atomic mass is 16.3. The van der Waals surface area contributed by atoms with Crippen LogP contribution in [0.3, 0.4) is 0 Å². The molecule has 0 spiro atoms. The van der Waals surface area contributed by atoms with Crippen molar-refractivity contribution in [1.82, 2.24) is 4.90 Å². The van der Waals surface area contributed by atoms with Gasteiger partial charge in [-0.05, 0) is 11.1 Å². The molecule has 2 N–H and O–H groups in total. The summed E-state index contributed by atoms with van der Waals surface area (Å²) < 4.78 is 2.25. The van der Waals surface area contributed by atoms with Crippen molar-refractivity contribution in [1.29, 1.82) is 0 Å². The van der Waals surface area contributed by atoms with E-state index in [1.165, 1.54) is 22.3 Å². The fourth-order valence-electron chi connectivity index (χ4n) is 4.86. The first kappa shape index (κ1) is 15.1. The lowest BCUT2D eigenvalue weighted by molar-refractivity contribution is -0.568. The highest BCUT2D eigenvalue weighted by Gasteiger charge is 2.44. The molecule has 2 aromatic carbocycles. The molecule has 128 valence electrons. The summed E-state index contributed by atoms with van der Waals surface area (Å²) in [4.78, 5) is 2.25. The molecule has 1 heterocycles. The molecular weight excluding hydrogens is 312 g/mol. The van der Waals surface area contributed by atoms with Crippen LogP contribution >= 0.6 is 0 Å². The number of benzene rings is 2. The molecule has 0 saturated carbocycles. The molecule has 0 unspecified atom stereocenters. The van der Waals surface area contributed by atoms with E-state index in [0.717, 1.165) is 25.9 Å². The van der Waals surface area contributed by atoms with E-state index in [1.807, 2.05) is 12.1 Å². The van der Waals surface area contributed by atoms with Crippen LogP contribution in [0.15, 0.2) is 48.5 Å². The average Bonchev–Trinajstić information content (AvgIpc) is 3.27. The zero-order chi connectivity index (χ0) is 17.0. The van der Waals surface area contributed by atoms with Crippen molar-refractivity contribution in [2.45, 2.75) is 37.1 Å². The maximum atomic E-state index is 10.6. The highest BCUT2D eigenvalue weighted by Crippen LogP contribution is 2.38. The van der Waals surface area contributed by atoms with Gasteiger partial charge in [0.05, 0.1) is 0 Å². The van der Waals surface area contributed by atoms with Crippen molar-refractivity contribution >= 4 is 6.34 Å². The average molecular weight is 335 g/mol. The summed E-state index contributed by atoms with van der Waals surface area (Å²) in [5.41, 5.74) is 4.97. The summed E-state index contributed by atoms with van der Waals surface area (Å²) in [5, 5.41) is 21.2. The number of aliphatic hydroxyl groups is 2. The lowest BCUT2D eigenvalue weighted by atomic mass is 10.1. The smallest absolute Gasteiger partial charge is 0.235 e. The van der Waals surface area contributed by atoms with Gasteiger partial charge in [-0.3, -0.25) is 9.48 Å². The van der Waals surface area contributed by atoms with Crippen LogP contribution in [0.1, 0.15) is 34.3 Å². The molecule has 4 atom stereocenters. The van der Waals surface area contributed by atoms with Gasteiger partial charge in [0.15, 0.2) is 0 Å². The van der Waals surface area contributed by atoms with E-state index >= 15 is 0 Å². The molecule has 25 heavy (non-hydrogen) atoms. The predicted molar refractivity (Wildman–Crippen MR) is 95.7 cm³/mol. The first-order chi connectivity index (χ1) is 12.2. The van der Waals surface area contributed by atoms with Crippen LogP contribution in [-0.2, 0) is 12.8 Å². The van der Waals surface area contributed by atoms with Crippen molar-refractivity contribution in [3.05, 3.63) is 70.8 Å². The fraction of sp³-hybridized carbons (Fsp3) is 0.381. The minimum atomic E-state index is -0.366. The minimum absolute atomic E-state index is 0.0231. The van der Waals surface area contributed by atoms with Crippen LogP contribution in [0.4, 0.5) is 0 Å². The molecule has 0 amide bonds. The Labute approximate surface area is 147 Å². The fourth-order valence-corrected chi connectivity index (χ4v) is 4.86. The summed E-state index contributed by atoms with van der Waals surface area (Å²) in [7, 11) is 0. The number of hydrogen-bond donors (Lipinski definition) is 2. The van der Waals surface area contributed by atoms with Crippen LogP contribution in [0.5, 0.6) is 0 Å². The summed E-state index contributed by atoms with van der Waals surface area (Å²) >= 11 is 0. The van der Waals surface area contributed by atoms with Gasteiger partial charge >= 0.3 is 0 Å². The van der Waals surface area contributed by atoms with Crippen molar-refractivity contribution in [2.24, 2.45) is 0 Å². The van der Waals surface area contributed by atoms with E-state index < -0.39 is 0 Å². The Bertz CT molecular complexity index is 847. The normalized spacial score (nSPS) is 30.3. The monoisotopic (exact) mass is 335 g/mol. The topological polar surface area (TPSA) is 46.7 Å². The zero-order valence-corrected chi connectivity index (χ0v) is 14.1. The van der Waals surface area contributed by atoms with Crippen molar-refractivity contribution in [3.8, 4) is 0 Å². The largest absolute Gasteiger partial charge is 0.388 e. The third kappa shape index (κ3) is 2.32. The molecule has 0 saturated heterocycles. The van der Waals surface area contributed by atoms with Gasteiger partial charge in [-0.15, -0.1) is 0 Å². The molecular formula is C21H23N2O2+. The maximum Gasteiger partial charge on any atom is 0.235 e. The van der Waals surface area contributed by atoms with Crippen molar-refractivity contribution < 1.29 is 14.8 Å². The maximum absolute atomic E-state index is 10.6. The summed E-state index contributed by atoms with van der Waals surface area (Å²) in [6.45, 7) is 1.75. The Kier molecular flexibility index (Phi) is 3.43. The Morgan fingerprint density at radius 1 is 0.840 bits per heavy atom. The third-order valence-corrected chi connectivity index (χ3v) is 5.96. The SMILES string of the molecule is O[C@@H]1Cc2ccccc2[C@@H]1N1C=[N+]([C@H]2c3ccccc3C[C@H]2O)CC1. The van der Waals surface area contributed by atoms with E-state index in [-0.39, 0.29) is 24.3 Å². The zero-order valence-electron chi connectivity index (χ0n) is 14.1. The van der Waals surface area contributed by atoms with Crippen LogP contribution in [-0.4, -0.2) is 51.3 Å². The molecule has 4 heteroatoms. The third-order valence-electron chi connectivity index (χ3n) is 5.96. The highest BCUT2D eigenvalue weighted by molar-refractivity contribution is 5.54. The number of nitrogens with zero attached hydrogens (tertiary/aromatic N) is 2. The molecule has 1 aliphatic heterocycles. The first-order valence-corrected chi connectivity index (χ1v) is 9.10. The Balaban J connectivity index is 1.47. The van der Waals surface area contributed by atoms with Crippen LogP contribution in [0.25, 0.3) is 0 Å². The van der Waals surface area contributed by atoms with Gasteiger partial charge in [0.25, 0.3) is 0 Å². The molecule has 0 aromatic heterocycles. The van der Waals surface area contributed by atoms with Gasteiger partial charge < -0.3 is 10.2 Å². The lowest BCUT2D eigenvalue weighted by Crippen LogP contribution is -2.32. The Morgan fingerprint density at radius 2 is 1.48 bits per heavy atom.